The van der Waals surface area contributed by atoms with Crippen molar-refractivity contribution < 1.29 is 9.18 Å². The second kappa shape index (κ2) is 5.93. The molecule has 0 bridgehead atoms. The van der Waals surface area contributed by atoms with Crippen molar-refractivity contribution in [1.82, 2.24) is 9.88 Å². The fourth-order valence-corrected chi connectivity index (χ4v) is 2.76. The number of pyridine rings is 1. The minimum absolute atomic E-state index is 0.0879. The third-order valence-corrected chi connectivity index (χ3v) is 4.12. The van der Waals surface area contributed by atoms with Gasteiger partial charge in [0.25, 0.3) is 5.91 Å². The lowest BCUT2D eigenvalue weighted by molar-refractivity contribution is 0.0726. The smallest absolute Gasteiger partial charge is 0.255 e. The Morgan fingerprint density at radius 2 is 2.14 bits per heavy atom. The summed E-state index contributed by atoms with van der Waals surface area (Å²) in [5.74, 6) is -0.448. The Hall–Kier alpha value is -1.75. The van der Waals surface area contributed by atoms with Crippen LogP contribution in [0.25, 0.3) is 0 Å². The maximum Gasteiger partial charge on any atom is 0.255 e. The summed E-state index contributed by atoms with van der Waals surface area (Å²) >= 11 is 3.27. The molecule has 0 radical (unpaired) electrons. The van der Waals surface area contributed by atoms with Gasteiger partial charge in [-0.15, -0.1) is 0 Å². The van der Waals surface area contributed by atoms with Crippen molar-refractivity contribution in [2.75, 3.05) is 0 Å². The summed E-state index contributed by atoms with van der Waals surface area (Å²) in [4.78, 5) is 18.8. The van der Waals surface area contributed by atoms with E-state index < -0.39 is 0 Å². The highest BCUT2D eigenvalue weighted by Gasteiger charge is 2.33. The first kappa shape index (κ1) is 14.2. The Kier molecular flexibility index (Phi) is 4.01. The molecule has 3 nitrogen and oxygen atoms in total. The zero-order valence-corrected chi connectivity index (χ0v) is 12.9. The molecule has 0 N–H and O–H groups in total. The number of hydrogen-bond acceptors (Lipinski definition) is 2. The molecule has 3 rings (SSSR count). The molecule has 1 aliphatic rings. The molecule has 2 aromatic rings. The van der Waals surface area contributed by atoms with E-state index in [1.54, 1.807) is 6.20 Å². The molecule has 0 spiro atoms. The fraction of sp³-hybridized carbons (Fsp3) is 0.250. The van der Waals surface area contributed by atoms with Crippen LogP contribution in [0.15, 0.2) is 47.1 Å². The molecular formula is C16H14BrFN2O. The SMILES string of the molecule is O=C(c1ccc(F)cc1Br)N(Cc1ccccn1)C1CC1. The topological polar surface area (TPSA) is 33.2 Å². The van der Waals surface area contributed by atoms with Crippen LogP contribution in [0.2, 0.25) is 0 Å². The van der Waals surface area contributed by atoms with Crippen molar-refractivity contribution in [3.63, 3.8) is 0 Å². The number of carbonyl (C=O) groups is 1. The van der Waals surface area contributed by atoms with Gasteiger partial charge in [0.15, 0.2) is 0 Å². The lowest BCUT2D eigenvalue weighted by atomic mass is 10.2. The molecule has 1 aliphatic carbocycles. The van der Waals surface area contributed by atoms with E-state index in [9.17, 15) is 9.18 Å². The number of halogens is 2. The summed E-state index contributed by atoms with van der Waals surface area (Å²) in [6.45, 7) is 0.480. The number of carbonyl (C=O) groups excluding carboxylic acids is 1. The van der Waals surface area contributed by atoms with E-state index in [4.69, 9.17) is 0 Å². The average Bonchev–Trinajstić information content (AvgIpc) is 3.30. The van der Waals surface area contributed by atoms with Crippen molar-refractivity contribution in [2.45, 2.75) is 25.4 Å². The van der Waals surface area contributed by atoms with Crippen LogP contribution in [0.4, 0.5) is 4.39 Å². The van der Waals surface area contributed by atoms with Gasteiger partial charge in [-0.2, -0.15) is 0 Å². The first-order valence-corrected chi connectivity index (χ1v) is 7.60. The Balaban J connectivity index is 1.85. The zero-order valence-electron chi connectivity index (χ0n) is 11.3. The number of amides is 1. The maximum atomic E-state index is 13.2. The van der Waals surface area contributed by atoms with Gasteiger partial charge in [0.05, 0.1) is 17.8 Å². The van der Waals surface area contributed by atoms with Gasteiger partial charge in [-0.3, -0.25) is 9.78 Å². The minimum Gasteiger partial charge on any atom is -0.330 e. The first-order chi connectivity index (χ1) is 10.1. The van der Waals surface area contributed by atoms with Gasteiger partial charge in [-0.05, 0) is 59.1 Å². The van der Waals surface area contributed by atoms with E-state index in [0.717, 1.165) is 18.5 Å². The largest absolute Gasteiger partial charge is 0.330 e. The molecular weight excluding hydrogens is 335 g/mol. The predicted molar refractivity (Wildman–Crippen MR) is 81.2 cm³/mol. The van der Waals surface area contributed by atoms with Crippen LogP contribution < -0.4 is 0 Å². The van der Waals surface area contributed by atoms with Gasteiger partial charge in [0, 0.05) is 16.7 Å². The molecule has 1 amide bonds. The van der Waals surface area contributed by atoms with Crippen molar-refractivity contribution in [3.8, 4) is 0 Å². The van der Waals surface area contributed by atoms with Crippen LogP contribution >= 0.6 is 15.9 Å². The van der Waals surface area contributed by atoms with E-state index in [0.29, 0.717) is 16.6 Å². The highest BCUT2D eigenvalue weighted by molar-refractivity contribution is 9.10. The van der Waals surface area contributed by atoms with Crippen LogP contribution in [0.5, 0.6) is 0 Å². The Morgan fingerprint density at radius 3 is 2.76 bits per heavy atom. The molecule has 1 saturated carbocycles. The van der Waals surface area contributed by atoms with Gasteiger partial charge in [0.1, 0.15) is 5.82 Å². The van der Waals surface area contributed by atoms with Crippen LogP contribution in [0.1, 0.15) is 28.9 Å². The summed E-state index contributed by atoms with van der Waals surface area (Å²) in [7, 11) is 0. The monoisotopic (exact) mass is 348 g/mol. The summed E-state index contributed by atoms with van der Waals surface area (Å²) in [6, 6.07) is 10.1. The molecule has 1 aromatic carbocycles. The lowest BCUT2D eigenvalue weighted by Crippen LogP contribution is -2.33. The summed E-state index contributed by atoms with van der Waals surface area (Å²) in [5, 5.41) is 0. The molecule has 0 unspecified atom stereocenters. The molecule has 1 aromatic heterocycles. The second-order valence-corrected chi connectivity index (χ2v) is 5.96. The van der Waals surface area contributed by atoms with Gasteiger partial charge in [-0.25, -0.2) is 4.39 Å². The molecule has 108 valence electrons. The Labute approximate surface area is 130 Å². The Morgan fingerprint density at radius 1 is 1.33 bits per heavy atom. The minimum atomic E-state index is -0.360. The van der Waals surface area contributed by atoms with Crippen LogP contribution in [0.3, 0.4) is 0 Å². The van der Waals surface area contributed by atoms with Crippen molar-refractivity contribution in [1.29, 1.82) is 0 Å². The fourth-order valence-electron chi connectivity index (χ4n) is 2.24. The maximum absolute atomic E-state index is 13.2. The van der Waals surface area contributed by atoms with Crippen molar-refractivity contribution >= 4 is 21.8 Å². The number of benzene rings is 1. The van der Waals surface area contributed by atoms with E-state index in [-0.39, 0.29) is 17.8 Å². The normalized spacial score (nSPS) is 14.0. The highest BCUT2D eigenvalue weighted by Crippen LogP contribution is 2.31. The number of nitrogens with zero attached hydrogens (tertiary/aromatic N) is 2. The predicted octanol–water partition coefficient (Wildman–Crippen LogP) is 3.79. The molecule has 1 heterocycles. The number of hydrogen-bond donors (Lipinski definition) is 0. The lowest BCUT2D eigenvalue weighted by Gasteiger charge is -2.22. The van der Waals surface area contributed by atoms with E-state index in [1.807, 2.05) is 23.1 Å². The van der Waals surface area contributed by atoms with E-state index in [2.05, 4.69) is 20.9 Å². The van der Waals surface area contributed by atoms with E-state index >= 15 is 0 Å². The molecule has 0 atom stereocenters. The summed E-state index contributed by atoms with van der Waals surface area (Å²) in [6.07, 6.45) is 3.74. The third-order valence-electron chi connectivity index (χ3n) is 3.47. The third kappa shape index (κ3) is 3.29. The summed E-state index contributed by atoms with van der Waals surface area (Å²) < 4.78 is 13.7. The van der Waals surface area contributed by atoms with Gasteiger partial charge in [0.2, 0.25) is 0 Å². The summed E-state index contributed by atoms with van der Waals surface area (Å²) in [5.41, 5.74) is 1.34. The van der Waals surface area contributed by atoms with Crippen LogP contribution in [0, 0.1) is 5.82 Å². The van der Waals surface area contributed by atoms with E-state index in [1.165, 1.54) is 18.2 Å². The molecule has 21 heavy (non-hydrogen) atoms. The zero-order chi connectivity index (χ0) is 14.8. The van der Waals surface area contributed by atoms with Gasteiger partial charge >= 0.3 is 0 Å². The molecule has 1 fully saturated rings. The highest BCUT2D eigenvalue weighted by atomic mass is 79.9. The quantitative estimate of drug-likeness (QED) is 0.842. The second-order valence-electron chi connectivity index (χ2n) is 5.11. The standard InChI is InChI=1S/C16H14BrFN2O/c17-15-9-11(18)4-7-14(15)16(21)20(13-5-6-13)10-12-3-1-2-8-19-12/h1-4,7-9,13H,5-6,10H2. The Bertz CT molecular complexity index is 659. The van der Waals surface area contributed by atoms with Gasteiger partial charge < -0.3 is 4.90 Å². The first-order valence-electron chi connectivity index (χ1n) is 6.81. The molecule has 0 aliphatic heterocycles. The van der Waals surface area contributed by atoms with Crippen LogP contribution in [-0.2, 0) is 6.54 Å². The molecule has 5 heteroatoms. The van der Waals surface area contributed by atoms with Crippen LogP contribution in [-0.4, -0.2) is 21.8 Å². The number of aromatic nitrogens is 1. The van der Waals surface area contributed by atoms with Gasteiger partial charge in [-0.1, -0.05) is 6.07 Å². The molecule has 0 saturated heterocycles. The van der Waals surface area contributed by atoms with Crippen molar-refractivity contribution in [3.05, 3.63) is 64.1 Å². The van der Waals surface area contributed by atoms with Crippen molar-refractivity contribution in [2.24, 2.45) is 0 Å². The average molecular weight is 349 g/mol. The number of rotatable bonds is 4.